The maximum Gasteiger partial charge on any atom is 0.345 e. The molecule has 3 atom stereocenters. The van der Waals surface area contributed by atoms with Crippen molar-refractivity contribution in [3.63, 3.8) is 0 Å². The van der Waals surface area contributed by atoms with Crippen LogP contribution in [0.1, 0.15) is 20.3 Å². The molecule has 1 saturated heterocycles. The van der Waals surface area contributed by atoms with Gasteiger partial charge in [0.15, 0.2) is 0 Å². The van der Waals surface area contributed by atoms with Gasteiger partial charge in [-0.1, -0.05) is 20.3 Å². The third-order valence-electron chi connectivity index (χ3n) is 2.34. The molecule has 0 spiro atoms. The summed E-state index contributed by atoms with van der Waals surface area (Å²) >= 11 is 0. The molecule has 1 aliphatic heterocycles. The van der Waals surface area contributed by atoms with E-state index in [1.165, 1.54) is 0 Å². The summed E-state index contributed by atoms with van der Waals surface area (Å²) in [6.07, 6.45) is -0.115. The van der Waals surface area contributed by atoms with E-state index in [0.717, 1.165) is 6.42 Å². The van der Waals surface area contributed by atoms with Gasteiger partial charge in [0.1, 0.15) is 5.92 Å². The molecule has 0 aromatic rings. The van der Waals surface area contributed by atoms with Crippen molar-refractivity contribution >= 4 is 11.9 Å². The minimum atomic E-state index is -1.04. The van der Waals surface area contributed by atoms with Crippen molar-refractivity contribution in [1.82, 2.24) is 0 Å². The molecule has 1 N–H and O–H groups in total. The van der Waals surface area contributed by atoms with Gasteiger partial charge in [-0.3, -0.25) is 4.79 Å². The molecule has 1 rings (SSSR count). The minimum absolute atomic E-state index is 0.0901. The fraction of sp³-hybridized carbons (Fsp3) is 0.750. The Bertz CT molecular complexity index is 211. The molecule has 1 heterocycles. The van der Waals surface area contributed by atoms with Crippen LogP contribution in [-0.4, -0.2) is 23.1 Å². The topological polar surface area (TPSA) is 63.6 Å². The number of carboxylic acid groups (broad SMARTS) is 1. The van der Waals surface area contributed by atoms with E-state index < -0.39 is 18.0 Å². The summed E-state index contributed by atoms with van der Waals surface area (Å²) in [7, 11) is 0. The second-order valence-corrected chi connectivity index (χ2v) is 3.11. The van der Waals surface area contributed by atoms with Gasteiger partial charge in [0.05, 0.1) is 0 Å². The van der Waals surface area contributed by atoms with Crippen LogP contribution in [0.2, 0.25) is 0 Å². The zero-order valence-electron chi connectivity index (χ0n) is 7.11. The molecule has 0 bridgehead atoms. The van der Waals surface area contributed by atoms with E-state index in [9.17, 15) is 9.59 Å². The smallest absolute Gasteiger partial charge is 0.345 e. The van der Waals surface area contributed by atoms with E-state index in [0.29, 0.717) is 0 Å². The van der Waals surface area contributed by atoms with Crippen LogP contribution in [0.15, 0.2) is 0 Å². The number of ether oxygens (including phenoxy) is 1. The summed E-state index contributed by atoms with van der Waals surface area (Å²) in [5.74, 6) is -1.77. The van der Waals surface area contributed by atoms with Crippen LogP contribution in [0, 0.1) is 11.8 Å². The van der Waals surface area contributed by atoms with Crippen molar-refractivity contribution in [1.29, 1.82) is 0 Å². The largest absolute Gasteiger partial charge is 0.478 e. The molecule has 0 aromatic carbocycles. The van der Waals surface area contributed by atoms with Crippen LogP contribution in [0.5, 0.6) is 0 Å². The van der Waals surface area contributed by atoms with Gasteiger partial charge >= 0.3 is 11.9 Å². The molecular formula is C8H12O4. The highest BCUT2D eigenvalue weighted by Gasteiger charge is 2.49. The third-order valence-corrected chi connectivity index (χ3v) is 2.34. The Labute approximate surface area is 70.5 Å². The molecule has 1 fully saturated rings. The van der Waals surface area contributed by atoms with E-state index in [2.05, 4.69) is 4.74 Å². The zero-order valence-corrected chi connectivity index (χ0v) is 7.11. The first-order valence-corrected chi connectivity index (χ1v) is 4.01. The summed E-state index contributed by atoms with van der Waals surface area (Å²) < 4.78 is 4.50. The van der Waals surface area contributed by atoms with Crippen molar-refractivity contribution in [3.8, 4) is 0 Å². The Morgan fingerprint density at radius 1 is 1.75 bits per heavy atom. The van der Waals surface area contributed by atoms with Gasteiger partial charge < -0.3 is 9.84 Å². The van der Waals surface area contributed by atoms with Crippen LogP contribution in [0.25, 0.3) is 0 Å². The Balaban J connectivity index is 2.61. The van der Waals surface area contributed by atoms with E-state index in [4.69, 9.17) is 5.11 Å². The van der Waals surface area contributed by atoms with Gasteiger partial charge in [-0.15, -0.1) is 0 Å². The first-order chi connectivity index (χ1) is 5.57. The monoisotopic (exact) mass is 172 g/mol. The number of carbonyl (C=O) groups is 2. The molecule has 0 aromatic heterocycles. The Hall–Kier alpha value is -1.06. The molecule has 0 radical (unpaired) electrons. The second kappa shape index (κ2) is 3.13. The lowest BCUT2D eigenvalue weighted by Gasteiger charge is -2.35. The van der Waals surface area contributed by atoms with Crippen molar-refractivity contribution in [3.05, 3.63) is 0 Å². The number of hydrogen-bond acceptors (Lipinski definition) is 3. The highest BCUT2D eigenvalue weighted by Crippen LogP contribution is 2.31. The van der Waals surface area contributed by atoms with Gasteiger partial charge in [-0.05, 0) is 5.92 Å². The maximum atomic E-state index is 10.9. The van der Waals surface area contributed by atoms with E-state index in [1.54, 1.807) is 0 Å². The van der Waals surface area contributed by atoms with Crippen LogP contribution >= 0.6 is 0 Å². The molecule has 12 heavy (non-hydrogen) atoms. The molecular weight excluding hydrogens is 160 g/mol. The molecule has 0 unspecified atom stereocenters. The lowest BCUT2D eigenvalue weighted by atomic mass is 9.83. The highest BCUT2D eigenvalue weighted by atomic mass is 16.6. The average Bonchev–Trinajstić information content (AvgIpc) is 1.99. The summed E-state index contributed by atoms with van der Waals surface area (Å²) in [4.78, 5) is 21.3. The number of esters is 1. The Kier molecular flexibility index (Phi) is 2.35. The summed E-state index contributed by atoms with van der Waals surface area (Å²) in [5.41, 5.74) is 0. The number of cyclic esters (lactones) is 1. The lowest BCUT2D eigenvalue weighted by Crippen LogP contribution is -2.52. The van der Waals surface area contributed by atoms with Crippen LogP contribution < -0.4 is 0 Å². The predicted octanol–water partition coefficient (Wildman–Crippen LogP) is 0.659. The highest BCUT2D eigenvalue weighted by molar-refractivity contribution is 5.90. The summed E-state index contributed by atoms with van der Waals surface area (Å²) in [6.45, 7) is 3.79. The molecule has 0 aliphatic carbocycles. The quantitative estimate of drug-likeness (QED) is 0.635. The first-order valence-electron chi connectivity index (χ1n) is 4.01. The average molecular weight is 172 g/mol. The van der Waals surface area contributed by atoms with Gasteiger partial charge in [0.25, 0.3) is 0 Å². The number of carbonyl (C=O) groups excluding carboxylic acids is 1. The Morgan fingerprint density at radius 3 is 2.67 bits per heavy atom. The van der Waals surface area contributed by atoms with Crippen molar-refractivity contribution in [2.45, 2.75) is 26.4 Å². The summed E-state index contributed by atoms with van der Waals surface area (Å²) in [5, 5.41) is 8.59. The van der Waals surface area contributed by atoms with Gasteiger partial charge in [0, 0.05) is 0 Å². The van der Waals surface area contributed by atoms with Crippen molar-refractivity contribution in [2.75, 3.05) is 0 Å². The number of rotatable bonds is 3. The van der Waals surface area contributed by atoms with Crippen molar-refractivity contribution < 1.29 is 19.4 Å². The van der Waals surface area contributed by atoms with Crippen LogP contribution in [-0.2, 0) is 14.3 Å². The third kappa shape index (κ3) is 1.29. The number of hydrogen-bond donors (Lipinski definition) is 1. The van der Waals surface area contributed by atoms with Gasteiger partial charge in [-0.25, -0.2) is 4.79 Å². The molecule has 4 nitrogen and oxygen atoms in total. The van der Waals surface area contributed by atoms with Gasteiger partial charge in [0.2, 0.25) is 6.10 Å². The van der Waals surface area contributed by atoms with Crippen LogP contribution in [0.4, 0.5) is 0 Å². The second-order valence-electron chi connectivity index (χ2n) is 3.11. The van der Waals surface area contributed by atoms with E-state index >= 15 is 0 Å². The minimum Gasteiger partial charge on any atom is -0.478 e. The van der Waals surface area contributed by atoms with Crippen molar-refractivity contribution in [2.24, 2.45) is 11.8 Å². The number of aliphatic carboxylic acids is 1. The molecule has 4 heteroatoms. The van der Waals surface area contributed by atoms with Crippen LogP contribution in [0.3, 0.4) is 0 Å². The fourth-order valence-electron chi connectivity index (χ4n) is 1.32. The maximum absolute atomic E-state index is 10.9. The predicted molar refractivity (Wildman–Crippen MR) is 40.5 cm³/mol. The molecule has 68 valence electrons. The molecule has 0 saturated carbocycles. The Morgan fingerprint density at radius 2 is 2.33 bits per heavy atom. The van der Waals surface area contributed by atoms with E-state index in [1.807, 2.05) is 13.8 Å². The summed E-state index contributed by atoms with van der Waals surface area (Å²) in [6, 6.07) is 0. The van der Waals surface area contributed by atoms with E-state index in [-0.39, 0.29) is 11.9 Å². The SMILES string of the molecule is CC[C@H](C)[C@@H]1C(=O)O[C@H]1C(=O)O. The molecule has 1 aliphatic rings. The standard InChI is InChI=1S/C8H12O4/c1-3-4(2)5-6(7(9)10)12-8(5)11/h4-6H,3H2,1-2H3,(H,9,10)/t4-,5-,6+/m0/s1. The lowest BCUT2D eigenvalue weighted by molar-refractivity contribution is -0.200. The first kappa shape index (κ1) is 9.03. The zero-order chi connectivity index (χ0) is 9.30. The normalized spacial score (nSPS) is 30.3. The fourth-order valence-corrected chi connectivity index (χ4v) is 1.32. The molecule has 0 amide bonds. The number of carboxylic acids is 1. The van der Waals surface area contributed by atoms with Gasteiger partial charge in [-0.2, -0.15) is 0 Å².